The minimum absolute atomic E-state index is 0.359. The number of nitrogens with one attached hydrogen (secondary N) is 2. The van der Waals surface area contributed by atoms with E-state index < -0.39 is 0 Å². The maximum Gasteiger partial charge on any atom is 0.205 e. The Labute approximate surface area is 119 Å². The van der Waals surface area contributed by atoms with E-state index in [0.29, 0.717) is 33.1 Å². The summed E-state index contributed by atoms with van der Waals surface area (Å²) in [4.78, 5) is 8.02. The summed E-state index contributed by atoms with van der Waals surface area (Å²) in [5.41, 5.74) is 3.03. The molecule has 2 aromatic rings. The zero-order chi connectivity index (χ0) is 13.8. The topological polar surface area (TPSA) is 85.1 Å². The predicted octanol–water partition coefficient (Wildman–Crippen LogP) is 2.82. The summed E-state index contributed by atoms with van der Waals surface area (Å²) in [6.07, 6.45) is 1.35. The van der Waals surface area contributed by atoms with E-state index >= 15 is 0 Å². The molecule has 0 aliphatic carbocycles. The van der Waals surface area contributed by atoms with E-state index in [1.807, 2.05) is 0 Å². The highest BCUT2D eigenvalue weighted by Crippen LogP contribution is 2.34. The van der Waals surface area contributed by atoms with E-state index in [1.165, 1.54) is 13.4 Å². The van der Waals surface area contributed by atoms with Gasteiger partial charge in [0.2, 0.25) is 5.75 Å². The molecule has 0 radical (unpaired) electrons. The minimum Gasteiger partial charge on any atom is -0.490 e. The van der Waals surface area contributed by atoms with Crippen molar-refractivity contribution in [3.05, 3.63) is 34.6 Å². The number of hydrogen-bond acceptors (Lipinski definition) is 6. The number of rotatable bonds is 4. The normalized spacial score (nSPS) is 10.1. The molecule has 0 aliphatic rings. The van der Waals surface area contributed by atoms with Crippen LogP contribution in [0.5, 0.6) is 5.75 Å². The van der Waals surface area contributed by atoms with Gasteiger partial charge in [-0.25, -0.2) is 15.8 Å². The van der Waals surface area contributed by atoms with Gasteiger partial charge in [0.1, 0.15) is 6.33 Å². The second-order valence-corrected chi connectivity index (χ2v) is 4.34. The Morgan fingerprint density at radius 2 is 1.95 bits per heavy atom. The summed E-state index contributed by atoms with van der Waals surface area (Å²) in [6, 6.07) is 5.06. The van der Waals surface area contributed by atoms with Crippen LogP contribution in [0.3, 0.4) is 0 Å². The lowest BCUT2D eigenvalue weighted by Crippen LogP contribution is -2.11. The highest BCUT2D eigenvalue weighted by Gasteiger charge is 2.12. The summed E-state index contributed by atoms with van der Waals surface area (Å²) < 4.78 is 5.20. The van der Waals surface area contributed by atoms with Gasteiger partial charge in [-0.2, -0.15) is 0 Å². The molecule has 0 amide bonds. The molecule has 0 fully saturated rings. The molecular weight excluding hydrogens is 289 g/mol. The molecule has 0 bridgehead atoms. The summed E-state index contributed by atoms with van der Waals surface area (Å²) in [6.45, 7) is 0. The first-order chi connectivity index (χ1) is 9.15. The van der Waals surface area contributed by atoms with Crippen LogP contribution in [0.15, 0.2) is 24.5 Å². The van der Waals surface area contributed by atoms with Crippen molar-refractivity contribution in [2.45, 2.75) is 0 Å². The maximum absolute atomic E-state index is 6.07. The molecule has 0 spiro atoms. The second-order valence-electron chi connectivity index (χ2n) is 3.50. The van der Waals surface area contributed by atoms with Crippen LogP contribution < -0.4 is 21.3 Å². The van der Waals surface area contributed by atoms with Gasteiger partial charge in [0.25, 0.3) is 0 Å². The smallest absolute Gasteiger partial charge is 0.205 e. The number of hydrogen-bond donors (Lipinski definition) is 3. The molecule has 19 heavy (non-hydrogen) atoms. The molecule has 0 atom stereocenters. The maximum atomic E-state index is 6.07. The van der Waals surface area contributed by atoms with Gasteiger partial charge in [-0.1, -0.05) is 23.2 Å². The fraction of sp³-hybridized carbons (Fsp3) is 0.0909. The quantitative estimate of drug-likeness (QED) is 0.594. The lowest BCUT2D eigenvalue weighted by Gasteiger charge is -2.13. The van der Waals surface area contributed by atoms with Gasteiger partial charge in [0.05, 0.1) is 17.8 Å². The van der Waals surface area contributed by atoms with Gasteiger partial charge < -0.3 is 15.5 Å². The third-order valence-electron chi connectivity index (χ3n) is 2.33. The lowest BCUT2D eigenvalue weighted by atomic mass is 10.3. The SMILES string of the molecule is COc1c(NN)ncnc1Nc1cc(Cl)ccc1Cl. The molecule has 4 N–H and O–H groups in total. The van der Waals surface area contributed by atoms with Gasteiger partial charge in [-0.15, -0.1) is 0 Å². The molecular formula is C11H11Cl2N5O. The van der Waals surface area contributed by atoms with Crippen molar-refractivity contribution in [1.29, 1.82) is 0 Å². The number of ether oxygens (including phenoxy) is 1. The Morgan fingerprint density at radius 3 is 2.63 bits per heavy atom. The van der Waals surface area contributed by atoms with Gasteiger partial charge >= 0.3 is 0 Å². The molecule has 1 aromatic heterocycles. The third kappa shape index (κ3) is 2.98. The van der Waals surface area contributed by atoms with Crippen LogP contribution in [0.2, 0.25) is 10.0 Å². The van der Waals surface area contributed by atoms with Crippen molar-refractivity contribution in [3.8, 4) is 5.75 Å². The van der Waals surface area contributed by atoms with E-state index in [4.69, 9.17) is 33.8 Å². The Morgan fingerprint density at radius 1 is 1.21 bits per heavy atom. The van der Waals surface area contributed by atoms with Crippen LogP contribution in [0.25, 0.3) is 0 Å². The molecule has 2 rings (SSSR count). The first-order valence-electron chi connectivity index (χ1n) is 5.23. The summed E-state index contributed by atoms with van der Waals surface area (Å²) in [7, 11) is 1.49. The molecule has 1 aromatic carbocycles. The number of nitrogen functional groups attached to an aromatic ring is 1. The number of anilines is 3. The third-order valence-corrected chi connectivity index (χ3v) is 2.89. The van der Waals surface area contributed by atoms with Gasteiger partial charge in [-0.05, 0) is 18.2 Å². The average molecular weight is 300 g/mol. The molecule has 6 nitrogen and oxygen atoms in total. The van der Waals surface area contributed by atoms with E-state index in [2.05, 4.69) is 20.7 Å². The zero-order valence-electron chi connectivity index (χ0n) is 9.95. The number of nitrogens with two attached hydrogens (primary N) is 1. The van der Waals surface area contributed by atoms with Crippen molar-refractivity contribution in [3.63, 3.8) is 0 Å². The van der Waals surface area contributed by atoms with Crippen LogP contribution in [0.1, 0.15) is 0 Å². The van der Waals surface area contributed by atoms with Crippen molar-refractivity contribution >= 4 is 40.5 Å². The van der Waals surface area contributed by atoms with Gasteiger partial charge in [0.15, 0.2) is 11.6 Å². The lowest BCUT2D eigenvalue weighted by molar-refractivity contribution is 0.415. The van der Waals surface area contributed by atoms with Crippen LogP contribution in [-0.2, 0) is 0 Å². The van der Waals surface area contributed by atoms with Crippen molar-refractivity contribution < 1.29 is 4.74 Å². The molecule has 0 saturated heterocycles. The number of aromatic nitrogens is 2. The zero-order valence-corrected chi connectivity index (χ0v) is 11.5. The first-order valence-corrected chi connectivity index (χ1v) is 5.99. The van der Waals surface area contributed by atoms with E-state index in [1.54, 1.807) is 18.2 Å². The fourth-order valence-corrected chi connectivity index (χ4v) is 1.82. The van der Waals surface area contributed by atoms with Crippen molar-refractivity contribution in [2.24, 2.45) is 5.84 Å². The van der Waals surface area contributed by atoms with E-state index in [0.717, 1.165) is 0 Å². The summed E-state index contributed by atoms with van der Waals surface area (Å²) in [5, 5.41) is 4.08. The molecule has 0 aliphatic heterocycles. The molecule has 8 heteroatoms. The Bertz CT molecular complexity index is 593. The van der Waals surface area contributed by atoms with E-state index in [-0.39, 0.29) is 0 Å². The Kier molecular flexibility index (Phi) is 4.26. The minimum atomic E-state index is 0.359. The average Bonchev–Trinajstić information content (AvgIpc) is 2.42. The first kappa shape index (κ1) is 13.7. The molecule has 0 saturated carbocycles. The highest BCUT2D eigenvalue weighted by molar-refractivity contribution is 6.35. The largest absolute Gasteiger partial charge is 0.490 e. The van der Waals surface area contributed by atoms with Crippen LogP contribution in [0, 0.1) is 0 Å². The Balaban J connectivity index is 2.40. The summed E-state index contributed by atoms with van der Waals surface area (Å²) in [5.74, 6) is 6.51. The van der Waals surface area contributed by atoms with Gasteiger partial charge in [0, 0.05) is 5.02 Å². The monoisotopic (exact) mass is 299 g/mol. The summed E-state index contributed by atoms with van der Waals surface area (Å²) >= 11 is 12.0. The Hall–Kier alpha value is -1.76. The van der Waals surface area contributed by atoms with Crippen molar-refractivity contribution in [2.75, 3.05) is 17.9 Å². The van der Waals surface area contributed by atoms with Gasteiger partial charge in [-0.3, -0.25) is 0 Å². The molecule has 100 valence electrons. The van der Waals surface area contributed by atoms with E-state index in [9.17, 15) is 0 Å². The fourth-order valence-electron chi connectivity index (χ4n) is 1.48. The molecule has 0 unspecified atom stereocenters. The number of benzene rings is 1. The second kappa shape index (κ2) is 5.92. The molecule has 1 heterocycles. The van der Waals surface area contributed by atoms with Crippen molar-refractivity contribution in [1.82, 2.24) is 9.97 Å². The number of halogens is 2. The highest BCUT2D eigenvalue weighted by atomic mass is 35.5. The predicted molar refractivity (Wildman–Crippen MR) is 76.1 cm³/mol. The van der Waals surface area contributed by atoms with Crippen LogP contribution in [-0.4, -0.2) is 17.1 Å². The number of nitrogens with zero attached hydrogens (tertiary/aromatic N) is 2. The number of hydrazine groups is 1. The van der Waals surface area contributed by atoms with Crippen LogP contribution >= 0.6 is 23.2 Å². The number of methoxy groups -OCH3 is 1. The van der Waals surface area contributed by atoms with Crippen LogP contribution in [0.4, 0.5) is 17.3 Å². The standard InChI is InChI=1S/C11H11Cl2N5O/c1-19-9-10(15-5-16-11(9)18-14)17-8-4-6(12)2-3-7(8)13/h2-5H,14H2,1H3,(H2,15,16,17,18).